The standard InChI is InChI=1S/C27H18ClN2O2S.C2H4O2.Na/c28-22-12-10-18(11-13-22)17-32-24-15-20-7-5-4-6-19(20)14-21(24)16-25-26(31)30-27(33-25)29-23-8-2-1-3-9-23;1-2(3)4;/h2-16H,17H2,(H,29,30,31);1H3,(H,3,4);/q-1;;+1/b25-16+;;. The Labute approximate surface area is 252 Å². The number of thioether (sulfide) groups is 1. The van der Waals surface area contributed by atoms with E-state index in [1.165, 1.54) is 11.8 Å². The summed E-state index contributed by atoms with van der Waals surface area (Å²) in [6.07, 6.45) is 1.85. The third-order valence-corrected chi connectivity index (χ3v) is 6.22. The Hall–Kier alpha value is -3.07. The normalized spacial score (nSPS) is 14.4. The Morgan fingerprint density at radius 2 is 1.71 bits per heavy atom. The number of ether oxygens (including phenoxy) is 1. The monoisotopic (exact) mass is 552 g/mol. The van der Waals surface area contributed by atoms with Gasteiger partial charge < -0.3 is 15.2 Å². The van der Waals surface area contributed by atoms with Crippen molar-refractivity contribution in [3.05, 3.63) is 112 Å². The second-order valence-electron chi connectivity index (χ2n) is 7.91. The van der Waals surface area contributed by atoms with Crippen LogP contribution >= 0.6 is 23.4 Å². The van der Waals surface area contributed by atoms with Crippen LogP contribution in [0, 0.1) is 6.07 Å². The number of aliphatic imine (C=N–C) groups is 1. The molecule has 0 aliphatic carbocycles. The number of carboxylic acids is 1. The molecule has 38 heavy (non-hydrogen) atoms. The molecule has 5 rings (SSSR count). The van der Waals surface area contributed by atoms with E-state index in [1.807, 2.05) is 78.9 Å². The molecule has 2 N–H and O–H groups in total. The number of rotatable bonds is 5. The van der Waals surface area contributed by atoms with E-state index in [-0.39, 0.29) is 35.5 Å². The summed E-state index contributed by atoms with van der Waals surface area (Å²) in [5.74, 6) is -0.313. The molecular weight excluding hydrogens is 531 g/mol. The summed E-state index contributed by atoms with van der Waals surface area (Å²) in [5.41, 5.74) is 2.60. The summed E-state index contributed by atoms with van der Waals surface area (Å²) in [4.78, 5) is 26.7. The van der Waals surface area contributed by atoms with Crippen molar-refractivity contribution in [1.82, 2.24) is 5.32 Å². The molecule has 1 amide bonds. The molecule has 186 valence electrons. The van der Waals surface area contributed by atoms with E-state index in [9.17, 15) is 4.79 Å². The zero-order valence-corrected chi connectivity index (χ0v) is 24.3. The van der Waals surface area contributed by atoms with Crippen LogP contribution in [-0.2, 0) is 16.2 Å². The third kappa shape index (κ3) is 8.48. The van der Waals surface area contributed by atoms with Crippen LogP contribution in [0.3, 0.4) is 0 Å². The summed E-state index contributed by atoms with van der Waals surface area (Å²) in [6.45, 7) is 1.47. The number of nitrogens with zero attached hydrogens (tertiary/aromatic N) is 1. The molecule has 6 nitrogen and oxygen atoms in total. The SMILES string of the molecule is CC(=O)O.O=C1NC(=Nc2cc[c-]cc2)S/C1=C/c1cc2ccccc2cc1OCc1ccc(Cl)cc1.[Na+]. The number of amides is 1. The summed E-state index contributed by atoms with van der Waals surface area (Å²) < 4.78 is 6.18. The molecule has 0 aromatic heterocycles. The maximum absolute atomic E-state index is 12.6. The molecule has 1 heterocycles. The van der Waals surface area contributed by atoms with Gasteiger partial charge in [0, 0.05) is 17.5 Å². The molecule has 1 saturated heterocycles. The topological polar surface area (TPSA) is 88.0 Å². The first-order chi connectivity index (χ1) is 17.9. The molecule has 1 aliphatic rings. The van der Waals surface area contributed by atoms with Crippen molar-refractivity contribution in [2.75, 3.05) is 0 Å². The van der Waals surface area contributed by atoms with Crippen LogP contribution < -0.4 is 39.6 Å². The van der Waals surface area contributed by atoms with E-state index in [0.717, 1.165) is 34.5 Å². The number of fused-ring (bicyclic) bond motifs is 1. The van der Waals surface area contributed by atoms with Crippen molar-refractivity contribution < 1.29 is 49.0 Å². The Morgan fingerprint density at radius 1 is 1.08 bits per heavy atom. The first-order valence-electron chi connectivity index (χ1n) is 11.2. The Morgan fingerprint density at radius 3 is 2.37 bits per heavy atom. The molecule has 0 unspecified atom stereocenters. The van der Waals surface area contributed by atoms with Crippen LogP contribution in [-0.4, -0.2) is 22.2 Å². The second kappa shape index (κ2) is 14.2. The minimum absolute atomic E-state index is 0. The van der Waals surface area contributed by atoms with Gasteiger partial charge in [-0.1, -0.05) is 48.0 Å². The summed E-state index contributed by atoms with van der Waals surface area (Å²) in [6, 6.07) is 29.9. The Balaban J connectivity index is 0.000000749. The van der Waals surface area contributed by atoms with Gasteiger partial charge in [0.1, 0.15) is 12.4 Å². The first-order valence-corrected chi connectivity index (χ1v) is 12.4. The second-order valence-corrected chi connectivity index (χ2v) is 9.38. The predicted octanol–water partition coefficient (Wildman–Crippen LogP) is 3.86. The van der Waals surface area contributed by atoms with Crippen LogP contribution in [0.4, 0.5) is 5.69 Å². The van der Waals surface area contributed by atoms with E-state index in [4.69, 9.17) is 26.2 Å². The molecule has 0 radical (unpaired) electrons. The van der Waals surface area contributed by atoms with Gasteiger partial charge in [-0.15, -0.1) is 12.1 Å². The fraction of sp³-hybridized carbons (Fsp3) is 0.0690. The smallest absolute Gasteiger partial charge is 0.488 e. The maximum Gasteiger partial charge on any atom is 1.00 e. The van der Waals surface area contributed by atoms with Crippen LogP contribution in [0.25, 0.3) is 16.8 Å². The Bertz CT molecular complexity index is 1490. The average Bonchev–Trinajstić information content (AvgIpc) is 3.22. The first kappa shape index (κ1) is 29.5. The van der Waals surface area contributed by atoms with E-state index in [1.54, 1.807) is 12.1 Å². The quantitative estimate of drug-likeness (QED) is 0.223. The van der Waals surface area contributed by atoms with Gasteiger partial charge in [-0.2, -0.15) is 18.2 Å². The van der Waals surface area contributed by atoms with Crippen molar-refractivity contribution in [2.24, 2.45) is 4.99 Å². The van der Waals surface area contributed by atoms with Crippen LogP contribution in [0.2, 0.25) is 5.02 Å². The fourth-order valence-electron chi connectivity index (χ4n) is 3.41. The number of halogens is 1. The molecule has 0 bridgehead atoms. The van der Waals surface area contributed by atoms with Crippen molar-refractivity contribution >= 4 is 62.9 Å². The van der Waals surface area contributed by atoms with Crippen LogP contribution in [0.15, 0.2) is 94.8 Å². The third-order valence-electron chi connectivity index (χ3n) is 5.05. The zero-order chi connectivity index (χ0) is 26.2. The van der Waals surface area contributed by atoms with Gasteiger partial charge in [0.2, 0.25) is 0 Å². The predicted molar refractivity (Wildman–Crippen MR) is 149 cm³/mol. The maximum atomic E-state index is 12.6. The molecular formula is C29H22ClN2NaO4S. The van der Waals surface area contributed by atoms with E-state index in [2.05, 4.69) is 16.4 Å². The van der Waals surface area contributed by atoms with E-state index >= 15 is 0 Å². The fourth-order valence-corrected chi connectivity index (χ4v) is 4.37. The molecule has 0 atom stereocenters. The van der Waals surface area contributed by atoms with Gasteiger partial charge in [-0.25, -0.2) is 0 Å². The number of amidine groups is 1. The van der Waals surface area contributed by atoms with Crippen molar-refractivity contribution in [3.63, 3.8) is 0 Å². The molecule has 1 aliphatic heterocycles. The van der Waals surface area contributed by atoms with Gasteiger partial charge in [0.25, 0.3) is 11.9 Å². The zero-order valence-electron chi connectivity index (χ0n) is 20.8. The van der Waals surface area contributed by atoms with Gasteiger partial charge in [-0.05, 0) is 64.1 Å². The molecule has 4 aromatic rings. The average molecular weight is 553 g/mol. The molecule has 4 aromatic carbocycles. The van der Waals surface area contributed by atoms with Crippen molar-refractivity contribution in [2.45, 2.75) is 13.5 Å². The number of carbonyl (C=O) groups excluding carboxylic acids is 1. The molecule has 1 fully saturated rings. The Kier molecular flexibility index (Phi) is 11.0. The molecule has 0 saturated carbocycles. The minimum atomic E-state index is -0.833. The van der Waals surface area contributed by atoms with E-state index in [0.29, 0.717) is 27.5 Å². The van der Waals surface area contributed by atoms with Crippen LogP contribution in [0.1, 0.15) is 18.1 Å². The van der Waals surface area contributed by atoms with Gasteiger partial charge in [0.15, 0.2) is 5.17 Å². The summed E-state index contributed by atoms with van der Waals surface area (Å²) in [5, 5.41) is 13.6. The summed E-state index contributed by atoms with van der Waals surface area (Å²) in [7, 11) is 0. The number of hydrogen-bond donors (Lipinski definition) is 2. The number of carbonyl (C=O) groups is 2. The number of aliphatic carboxylic acids is 1. The number of benzene rings is 4. The number of hydrogen-bond acceptors (Lipinski definition) is 5. The molecule has 0 spiro atoms. The summed E-state index contributed by atoms with van der Waals surface area (Å²) >= 11 is 7.30. The van der Waals surface area contributed by atoms with Gasteiger partial charge >= 0.3 is 29.6 Å². The largest absolute Gasteiger partial charge is 1.00 e. The minimum Gasteiger partial charge on any atom is -0.488 e. The van der Waals surface area contributed by atoms with E-state index < -0.39 is 5.97 Å². The molecule has 9 heteroatoms. The van der Waals surface area contributed by atoms with Gasteiger partial charge in [0.05, 0.1) is 4.91 Å². The van der Waals surface area contributed by atoms with Crippen molar-refractivity contribution in [3.8, 4) is 5.75 Å². The number of carboxylic acid groups (broad SMARTS) is 1. The van der Waals surface area contributed by atoms with Gasteiger partial charge in [-0.3, -0.25) is 14.6 Å². The van der Waals surface area contributed by atoms with Crippen molar-refractivity contribution in [1.29, 1.82) is 0 Å². The van der Waals surface area contributed by atoms with Crippen LogP contribution in [0.5, 0.6) is 5.75 Å². The number of nitrogens with one attached hydrogen (secondary N) is 1.